The number of anilines is 1. The van der Waals surface area contributed by atoms with E-state index >= 15 is 0 Å². The lowest BCUT2D eigenvalue weighted by Crippen LogP contribution is -2.41. The Morgan fingerprint density at radius 2 is 1.53 bits per heavy atom. The number of thioether (sulfide) groups is 1. The minimum atomic E-state index is -5.09. The third-order valence-electron chi connectivity index (χ3n) is 4.99. The number of ether oxygens (including phenoxy) is 1. The molecule has 0 unspecified atom stereocenters. The molecule has 0 radical (unpaired) electrons. The lowest BCUT2D eigenvalue weighted by molar-refractivity contribution is -0.200. The lowest BCUT2D eigenvalue weighted by Gasteiger charge is -2.30. The summed E-state index contributed by atoms with van der Waals surface area (Å²) in [4.78, 5) is 0.608. The van der Waals surface area contributed by atoms with Gasteiger partial charge in [-0.05, 0) is 54.2 Å². The number of para-hydroxylation sites is 2. The van der Waals surface area contributed by atoms with E-state index in [1.807, 2.05) is 0 Å². The Morgan fingerprint density at radius 1 is 0.842 bits per heavy atom. The second-order valence-corrected chi connectivity index (χ2v) is 8.97. The number of aliphatic hydroxyl groups excluding tert-OH is 1. The molecule has 0 aliphatic rings. The highest BCUT2D eigenvalue weighted by molar-refractivity contribution is 8.00. The fourth-order valence-corrected chi connectivity index (χ4v) is 3.87. The zero-order chi connectivity index (χ0) is 28.3. The zero-order valence-corrected chi connectivity index (χ0v) is 19.6. The molecule has 0 fully saturated rings. The van der Waals surface area contributed by atoms with Crippen LogP contribution in [0.5, 0.6) is 11.5 Å². The summed E-state index contributed by atoms with van der Waals surface area (Å²) in [5.74, 6) is -1.62. The number of nitrogens with zero attached hydrogens (tertiary/aromatic N) is 1. The maximum absolute atomic E-state index is 14.5. The molecule has 0 saturated carbocycles. The van der Waals surface area contributed by atoms with Crippen molar-refractivity contribution in [2.45, 2.75) is 35.4 Å². The van der Waals surface area contributed by atoms with E-state index in [1.165, 1.54) is 36.4 Å². The Labute approximate surface area is 213 Å². The van der Waals surface area contributed by atoms with Crippen molar-refractivity contribution in [3.63, 3.8) is 0 Å². The number of benzene rings is 3. The Bertz CT molecular complexity index is 1240. The van der Waals surface area contributed by atoms with Crippen LogP contribution in [0.4, 0.5) is 49.6 Å². The second-order valence-electron chi connectivity index (χ2n) is 7.83. The van der Waals surface area contributed by atoms with Gasteiger partial charge in [0.1, 0.15) is 11.6 Å². The first-order valence-electron chi connectivity index (χ1n) is 10.5. The van der Waals surface area contributed by atoms with Crippen molar-refractivity contribution in [2.75, 3.05) is 11.4 Å². The quantitative estimate of drug-likeness (QED) is 0.218. The lowest BCUT2D eigenvalue weighted by atomic mass is 10.1. The number of alkyl halides is 9. The molecular weight excluding hydrogens is 556 g/mol. The van der Waals surface area contributed by atoms with Crippen LogP contribution in [0.3, 0.4) is 0 Å². The number of rotatable bonds is 8. The number of hydrogen-bond donors (Lipinski definition) is 1. The average Bonchev–Trinajstić information content (AvgIpc) is 2.78. The average molecular weight is 573 g/mol. The summed E-state index contributed by atoms with van der Waals surface area (Å²) in [5.41, 5.74) is -6.44. The summed E-state index contributed by atoms with van der Waals surface area (Å²) >= 11 is -0.417. The van der Waals surface area contributed by atoms with Crippen molar-refractivity contribution in [3.8, 4) is 11.5 Å². The molecule has 38 heavy (non-hydrogen) atoms. The highest BCUT2D eigenvalue weighted by Gasteiger charge is 2.40. The van der Waals surface area contributed by atoms with Gasteiger partial charge in [-0.3, -0.25) is 0 Å². The van der Waals surface area contributed by atoms with E-state index in [2.05, 4.69) is 0 Å². The van der Waals surface area contributed by atoms with Gasteiger partial charge in [-0.25, -0.2) is 4.39 Å². The maximum atomic E-state index is 14.5. The second kappa shape index (κ2) is 11.3. The highest BCUT2D eigenvalue weighted by atomic mass is 32.2. The molecular formula is C24H17F10NO2S. The zero-order valence-electron chi connectivity index (χ0n) is 18.8. The first-order valence-corrected chi connectivity index (χ1v) is 11.3. The molecule has 0 heterocycles. The van der Waals surface area contributed by atoms with E-state index in [9.17, 15) is 49.0 Å². The van der Waals surface area contributed by atoms with Crippen molar-refractivity contribution in [1.29, 1.82) is 0 Å². The predicted molar refractivity (Wildman–Crippen MR) is 119 cm³/mol. The third kappa shape index (κ3) is 8.18. The fraction of sp³-hybridized carbons (Fsp3) is 0.250. The van der Waals surface area contributed by atoms with Gasteiger partial charge in [0, 0.05) is 17.0 Å². The molecule has 0 saturated heterocycles. The van der Waals surface area contributed by atoms with Gasteiger partial charge >= 0.3 is 17.9 Å². The first-order chi connectivity index (χ1) is 17.5. The molecule has 1 N–H and O–H groups in total. The maximum Gasteiger partial charge on any atom is 0.446 e. The Balaban J connectivity index is 1.98. The van der Waals surface area contributed by atoms with Gasteiger partial charge in [0.2, 0.25) is 0 Å². The van der Waals surface area contributed by atoms with Crippen LogP contribution in [-0.2, 0) is 12.7 Å². The van der Waals surface area contributed by atoms with Crippen molar-refractivity contribution < 1.29 is 53.7 Å². The van der Waals surface area contributed by atoms with Crippen LogP contribution in [0.2, 0.25) is 0 Å². The summed E-state index contributed by atoms with van der Waals surface area (Å²) in [6, 6.07) is 11.6. The molecule has 206 valence electrons. The smallest absolute Gasteiger partial charge is 0.446 e. The van der Waals surface area contributed by atoms with Crippen LogP contribution in [0.15, 0.2) is 71.6 Å². The monoisotopic (exact) mass is 573 g/mol. The van der Waals surface area contributed by atoms with E-state index in [0.29, 0.717) is 6.07 Å². The Morgan fingerprint density at radius 3 is 2.13 bits per heavy atom. The van der Waals surface area contributed by atoms with Gasteiger partial charge in [0.25, 0.3) is 0 Å². The van der Waals surface area contributed by atoms with Gasteiger partial charge in [-0.15, -0.1) is 0 Å². The van der Waals surface area contributed by atoms with Crippen LogP contribution in [0, 0.1) is 5.82 Å². The van der Waals surface area contributed by atoms with Gasteiger partial charge < -0.3 is 14.7 Å². The van der Waals surface area contributed by atoms with Gasteiger partial charge in [-0.2, -0.15) is 39.5 Å². The minimum absolute atomic E-state index is 0.108. The van der Waals surface area contributed by atoms with Crippen molar-refractivity contribution in [3.05, 3.63) is 83.7 Å². The SMILES string of the molecule is O[C@H](CN(Cc1ccc(C(F)(F)F)cc1F)c1ccccc1Oc1cccc(SC(F)(F)F)c1)C(F)(F)F. The standard InChI is InChI=1S/C24H17F10NO2S/c25-18-10-15(22(26,27)28)9-8-14(18)12-35(13-21(36)23(29,30)31)19-6-1-2-7-20(19)37-16-4-3-5-17(11-16)38-24(32,33)34/h1-11,21,36H,12-13H2/t21-/m1/s1. The number of hydrogen-bond acceptors (Lipinski definition) is 4. The predicted octanol–water partition coefficient (Wildman–Crippen LogP) is 8.18. The summed E-state index contributed by atoms with van der Waals surface area (Å²) in [7, 11) is 0. The van der Waals surface area contributed by atoms with E-state index in [-0.39, 0.29) is 28.1 Å². The minimum Gasteiger partial charge on any atom is -0.455 e. The Kier molecular flexibility index (Phi) is 8.76. The molecule has 0 amide bonds. The van der Waals surface area contributed by atoms with Gasteiger partial charge in [0.15, 0.2) is 11.9 Å². The molecule has 3 aromatic rings. The topological polar surface area (TPSA) is 32.7 Å². The molecule has 3 aromatic carbocycles. The molecule has 3 rings (SSSR count). The molecule has 0 bridgehead atoms. The molecule has 0 aromatic heterocycles. The van der Waals surface area contributed by atoms with E-state index in [4.69, 9.17) is 4.74 Å². The van der Waals surface area contributed by atoms with Crippen LogP contribution in [0.1, 0.15) is 11.1 Å². The molecule has 0 spiro atoms. The molecule has 14 heteroatoms. The van der Waals surface area contributed by atoms with Crippen molar-refractivity contribution >= 4 is 17.4 Å². The van der Waals surface area contributed by atoms with Crippen LogP contribution in [0.25, 0.3) is 0 Å². The number of halogens is 10. The van der Waals surface area contributed by atoms with Crippen LogP contribution >= 0.6 is 11.8 Å². The summed E-state index contributed by atoms with van der Waals surface area (Å²) in [6.45, 7) is -1.87. The summed E-state index contributed by atoms with van der Waals surface area (Å²) in [5, 5.41) is 9.68. The Hall–Kier alpha value is -3.13. The summed E-state index contributed by atoms with van der Waals surface area (Å²) < 4.78 is 136. The van der Waals surface area contributed by atoms with E-state index in [0.717, 1.165) is 23.1 Å². The van der Waals surface area contributed by atoms with E-state index in [1.54, 1.807) is 0 Å². The molecule has 3 nitrogen and oxygen atoms in total. The van der Waals surface area contributed by atoms with Crippen molar-refractivity contribution in [1.82, 2.24) is 0 Å². The van der Waals surface area contributed by atoms with Gasteiger partial charge in [-0.1, -0.05) is 24.3 Å². The molecule has 0 aliphatic carbocycles. The normalized spacial score (nSPS) is 13.3. The van der Waals surface area contributed by atoms with Crippen LogP contribution < -0.4 is 9.64 Å². The number of aliphatic hydroxyl groups is 1. The first kappa shape index (κ1) is 29.4. The molecule has 0 aliphatic heterocycles. The molecule has 1 atom stereocenters. The summed E-state index contributed by atoms with van der Waals surface area (Å²) in [6.07, 6.45) is -12.9. The van der Waals surface area contributed by atoms with Gasteiger partial charge in [0.05, 0.1) is 17.8 Å². The van der Waals surface area contributed by atoms with Crippen molar-refractivity contribution in [2.24, 2.45) is 0 Å². The third-order valence-corrected chi connectivity index (χ3v) is 5.71. The van der Waals surface area contributed by atoms with E-state index < -0.39 is 65.8 Å². The highest BCUT2D eigenvalue weighted by Crippen LogP contribution is 2.40. The fourth-order valence-electron chi connectivity index (χ4n) is 3.28. The van der Waals surface area contributed by atoms with Crippen LogP contribution in [-0.4, -0.2) is 29.4 Å². The largest absolute Gasteiger partial charge is 0.455 e.